The number of quaternary nitrogens is 1. The van der Waals surface area contributed by atoms with Gasteiger partial charge in [0.25, 0.3) is 0 Å². The number of nitrogens with zero attached hydrogens (tertiary/aromatic N) is 1. The van der Waals surface area contributed by atoms with Gasteiger partial charge in [-0.1, -0.05) is 50.3 Å². The van der Waals surface area contributed by atoms with Crippen LogP contribution in [-0.4, -0.2) is 37.3 Å². The Morgan fingerprint density at radius 1 is 0.680 bits per heavy atom. The van der Waals surface area contributed by atoms with E-state index in [1.165, 1.54) is 82.0 Å². The predicted molar refractivity (Wildman–Crippen MR) is 106 cm³/mol. The van der Waals surface area contributed by atoms with Gasteiger partial charge >= 0.3 is 0 Å². The lowest BCUT2D eigenvalue weighted by molar-refractivity contribution is -0.923. The van der Waals surface area contributed by atoms with E-state index in [4.69, 9.17) is 4.74 Å². The lowest BCUT2D eigenvalue weighted by Crippen LogP contribution is -3.00. The van der Waals surface area contributed by atoms with Crippen molar-refractivity contribution < 1.29 is 21.6 Å². The Morgan fingerprint density at radius 2 is 1.16 bits per heavy atom. The first kappa shape index (κ1) is 24.3. The van der Waals surface area contributed by atoms with E-state index in [0.717, 1.165) is 12.4 Å². The van der Waals surface area contributed by atoms with Crippen LogP contribution in [0.1, 0.15) is 72.1 Å². The summed E-state index contributed by atoms with van der Waals surface area (Å²) >= 11 is 0. The van der Waals surface area contributed by atoms with Crippen LogP contribution in [0.4, 0.5) is 0 Å². The Labute approximate surface area is 163 Å². The average Bonchev–Trinajstić information content (AvgIpc) is 2.64. The van der Waals surface area contributed by atoms with E-state index < -0.39 is 0 Å². The molecule has 0 aliphatic rings. The molecule has 1 rings (SSSR count). The largest absolute Gasteiger partial charge is 1.00 e. The first-order valence-electron chi connectivity index (χ1n) is 10.3. The van der Waals surface area contributed by atoms with E-state index in [1.54, 1.807) is 0 Å². The maximum absolute atomic E-state index is 5.73. The summed E-state index contributed by atoms with van der Waals surface area (Å²) in [6.07, 6.45) is 10.9. The van der Waals surface area contributed by atoms with Crippen LogP contribution in [0.2, 0.25) is 0 Å². The van der Waals surface area contributed by atoms with Crippen LogP contribution in [-0.2, 0) is 0 Å². The average molecular weight is 370 g/mol. The summed E-state index contributed by atoms with van der Waals surface area (Å²) in [4.78, 5) is 0. The minimum Gasteiger partial charge on any atom is -1.00 e. The Balaban J connectivity index is 0.00000576. The van der Waals surface area contributed by atoms with E-state index in [9.17, 15) is 0 Å². The molecular formula is C22H40ClNO. The molecule has 0 aliphatic carbocycles. The van der Waals surface area contributed by atoms with Crippen LogP contribution in [0.25, 0.3) is 0 Å². The monoisotopic (exact) mass is 369 g/mol. The zero-order chi connectivity index (χ0) is 17.5. The van der Waals surface area contributed by atoms with Gasteiger partial charge in [0.05, 0.1) is 32.8 Å². The van der Waals surface area contributed by atoms with Crippen molar-refractivity contribution in [1.82, 2.24) is 0 Å². The quantitative estimate of drug-likeness (QED) is 0.341. The fourth-order valence-corrected chi connectivity index (χ4v) is 3.46. The molecule has 0 atom stereocenters. The van der Waals surface area contributed by atoms with Gasteiger partial charge in [0, 0.05) is 0 Å². The lowest BCUT2D eigenvalue weighted by Gasteiger charge is -2.35. The maximum Gasteiger partial charge on any atom is 0.119 e. The molecule has 1 aromatic carbocycles. The second-order valence-electron chi connectivity index (χ2n) is 7.00. The number of hydrogen-bond donors (Lipinski definition) is 0. The summed E-state index contributed by atoms with van der Waals surface area (Å²) in [5.41, 5.74) is 0. The molecule has 0 spiro atoms. The Kier molecular flexibility index (Phi) is 15.1. The van der Waals surface area contributed by atoms with E-state index in [1.807, 2.05) is 30.3 Å². The van der Waals surface area contributed by atoms with Crippen LogP contribution in [0.3, 0.4) is 0 Å². The summed E-state index contributed by atoms with van der Waals surface area (Å²) in [5, 5.41) is 0. The van der Waals surface area contributed by atoms with Crippen molar-refractivity contribution >= 4 is 0 Å². The van der Waals surface area contributed by atoms with Crippen LogP contribution in [0, 0.1) is 0 Å². The number of para-hydroxylation sites is 1. The third-order valence-electron chi connectivity index (χ3n) is 5.55. The molecule has 0 bridgehead atoms. The molecule has 0 aromatic heterocycles. The first-order chi connectivity index (χ1) is 11.8. The highest BCUT2D eigenvalue weighted by atomic mass is 35.5. The van der Waals surface area contributed by atoms with E-state index in [2.05, 4.69) is 20.8 Å². The number of unbranched alkanes of at least 4 members (excludes halogenated alkanes) is 7. The van der Waals surface area contributed by atoms with Gasteiger partial charge in [-0.05, 0) is 52.2 Å². The van der Waals surface area contributed by atoms with Gasteiger partial charge < -0.3 is 21.6 Å². The van der Waals surface area contributed by atoms with E-state index in [-0.39, 0.29) is 12.4 Å². The lowest BCUT2D eigenvalue weighted by atomic mass is 10.1. The molecule has 0 heterocycles. The minimum atomic E-state index is 0. The number of halogens is 1. The SMILES string of the molecule is CC[N+](CC)(CC)CCCCCCCCCCOc1ccccc1.[Cl-]. The molecule has 3 heteroatoms. The third-order valence-corrected chi connectivity index (χ3v) is 5.55. The fourth-order valence-electron chi connectivity index (χ4n) is 3.46. The number of benzene rings is 1. The maximum atomic E-state index is 5.73. The summed E-state index contributed by atoms with van der Waals surface area (Å²) in [5.74, 6) is 0.998. The highest BCUT2D eigenvalue weighted by Crippen LogP contribution is 2.13. The highest BCUT2D eigenvalue weighted by molar-refractivity contribution is 5.20. The third kappa shape index (κ3) is 10.8. The van der Waals surface area contributed by atoms with E-state index in [0.29, 0.717) is 0 Å². The predicted octanol–water partition coefficient (Wildman–Crippen LogP) is 3.07. The second-order valence-corrected chi connectivity index (χ2v) is 7.00. The van der Waals surface area contributed by atoms with Crippen LogP contribution in [0.5, 0.6) is 5.75 Å². The zero-order valence-electron chi connectivity index (χ0n) is 16.8. The zero-order valence-corrected chi connectivity index (χ0v) is 17.6. The first-order valence-corrected chi connectivity index (χ1v) is 10.3. The molecule has 0 amide bonds. The minimum absolute atomic E-state index is 0. The standard InChI is InChI=1S/C22H40NO.ClH/c1-4-23(5-2,6-3)20-16-11-9-7-8-10-12-17-21-24-22-18-14-13-15-19-22;/h13-15,18-19H,4-12,16-17,20-21H2,1-3H3;1H/q+1;/p-1. The van der Waals surface area contributed by atoms with Gasteiger partial charge in [0.15, 0.2) is 0 Å². The smallest absolute Gasteiger partial charge is 0.119 e. The van der Waals surface area contributed by atoms with Gasteiger partial charge in [0.2, 0.25) is 0 Å². The molecule has 0 radical (unpaired) electrons. The van der Waals surface area contributed by atoms with Gasteiger partial charge in [-0.2, -0.15) is 0 Å². The summed E-state index contributed by atoms with van der Waals surface area (Å²) < 4.78 is 7.03. The van der Waals surface area contributed by atoms with Crippen molar-refractivity contribution in [3.8, 4) is 5.75 Å². The topological polar surface area (TPSA) is 9.23 Å². The molecule has 2 nitrogen and oxygen atoms in total. The Hall–Kier alpha value is -0.730. The van der Waals surface area contributed by atoms with Gasteiger partial charge in [0.1, 0.15) is 5.75 Å². The molecule has 0 aliphatic heterocycles. The molecular weight excluding hydrogens is 330 g/mol. The normalized spacial score (nSPS) is 11.2. The highest BCUT2D eigenvalue weighted by Gasteiger charge is 2.19. The van der Waals surface area contributed by atoms with Crippen molar-refractivity contribution in [1.29, 1.82) is 0 Å². The van der Waals surface area contributed by atoms with Crippen molar-refractivity contribution in [3.63, 3.8) is 0 Å². The van der Waals surface area contributed by atoms with Gasteiger partial charge in [-0.25, -0.2) is 0 Å². The van der Waals surface area contributed by atoms with E-state index >= 15 is 0 Å². The van der Waals surface area contributed by atoms with Crippen molar-refractivity contribution in [3.05, 3.63) is 30.3 Å². The molecule has 1 aromatic rings. The van der Waals surface area contributed by atoms with Crippen molar-refractivity contribution in [2.75, 3.05) is 32.8 Å². The van der Waals surface area contributed by atoms with Crippen molar-refractivity contribution in [2.24, 2.45) is 0 Å². The number of ether oxygens (including phenoxy) is 1. The molecule has 0 saturated carbocycles. The van der Waals surface area contributed by atoms with Crippen LogP contribution < -0.4 is 17.1 Å². The molecule has 0 unspecified atom stereocenters. The van der Waals surface area contributed by atoms with Crippen LogP contribution >= 0.6 is 0 Å². The van der Waals surface area contributed by atoms with Gasteiger partial charge in [-0.3, -0.25) is 0 Å². The number of hydrogen-bond acceptors (Lipinski definition) is 1. The second kappa shape index (κ2) is 15.5. The summed E-state index contributed by atoms with van der Waals surface area (Å²) in [6, 6.07) is 10.1. The Morgan fingerprint density at radius 3 is 1.68 bits per heavy atom. The number of rotatable bonds is 15. The molecule has 25 heavy (non-hydrogen) atoms. The fraction of sp³-hybridized carbons (Fsp3) is 0.727. The molecule has 0 fully saturated rings. The summed E-state index contributed by atoms with van der Waals surface area (Å²) in [7, 11) is 0. The summed E-state index contributed by atoms with van der Waals surface area (Å²) in [6.45, 7) is 13.1. The molecule has 0 N–H and O–H groups in total. The molecule has 0 saturated heterocycles. The Bertz CT molecular complexity index is 384. The molecule has 146 valence electrons. The van der Waals surface area contributed by atoms with Gasteiger partial charge in [-0.15, -0.1) is 0 Å². The van der Waals surface area contributed by atoms with Crippen molar-refractivity contribution in [2.45, 2.75) is 72.1 Å². The van der Waals surface area contributed by atoms with Crippen LogP contribution in [0.15, 0.2) is 30.3 Å².